The van der Waals surface area contributed by atoms with Gasteiger partial charge in [-0.05, 0) is 63.5 Å². The highest BCUT2D eigenvalue weighted by Crippen LogP contribution is 2.19. The molecule has 4 nitrogen and oxygen atoms in total. The molecule has 1 aromatic carbocycles. The van der Waals surface area contributed by atoms with Gasteiger partial charge in [-0.3, -0.25) is 0 Å². The largest absolute Gasteiger partial charge is 0.392 e. The number of nitriles is 1. The zero-order chi connectivity index (χ0) is 15.9. The Balaban J connectivity index is 1.73. The van der Waals surface area contributed by atoms with Gasteiger partial charge in [-0.1, -0.05) is 12.1 Å². The topological polar surface area (TPSA) is 50.5 Å². The van der Waals surface area contributed by atoms with Gasteiger partial charge in [-0.25, -0.2) is 0 Å². The molecule has 22 heavy (non-hydrogen) atoms. The SMILES string of the molecule is C[C@@H](O)CN1CCC(CN(C)Cc2ccc(C#N)cc2)CC1. The van der Waals surface area contributed by atoms with Gasteiger partial charge in [0.15, 0.2) is 0 Å². The minimum atomic E-state index is -0.226. The van der Waals surface area contributed by atoms with Gasteiger partial charge in [0.25, 0.3) is 0 Å². The fourth-order valence-corrected chi connectivity index (χ4v) is 3.23. The van der Waals surface area contributed by atoms with Crippen LogP contribution in [0.5, 0.6) is 0 Å². The van der Waals surface area contributed by atoms with Crippen molar-refractivity contribution in [3.8, 4) is 6.07 Å². The zero-order valence-corrected chi connectivity index (χ0v) is 13.7. The molecule has 0 amide bonds. The predicted octanol–water partition coefficient (Wildman–Crippen LogP) is 2.08. The van der Waals surface area contributed by atoms with E-state index in [2.05, 4.69) is 22.9 Å². The lowest BCUT2D eigenvalue weighted by molar-refractivity contribution is 0.0919. The van der Waals surface area contributed by atoms with Gasteiger partial charge in [-0.15, -0.1) is 0 Å². The molecule has 0 unspecified atom stereocenters. The first kappa shape index (κ1) is 17.0. The monoisotopic (exact) mass is 301 g/mol. The maximum Gasteiger partial charge on any atom is 0.0991 e. The van der Waals surface area contributed by atoms with Crippen LogP contribution in [0.2, 0.25) is 0 Å². The number of likely N-dealkylation sites (tertiary alicyclic amines) is 1. The van der Waals surface area contributed by atoms with Crippen molar-refractivity contribution in [2.75, 3.05) is 33.2 Å². The number of benzene rings is 1. The first-order valence-electron chi connectivity index (χ1n) is 8.15. The van der Waals surface area contributed by atoms with Crippen molar-refractivity contribution in [2.24, 2.45) is 5.92 Å². The Morgan fingerprint density at radius 2 is 1.95 bits per heavy atom. The molecule has 1 aromatic rings. The molecule has 1 fully saturated rings. The second-order valence-electron chi connectivity index (χ2n) is 6.60. The predicted molar refractivity (Wildman–Crippen MR) is 88.3 cm³/mol. The van der Waals surface area contributed by atoms with Crippen LogP contribution < -0.4 is 0 Å². The quantitative estimate of drug-likeness (QED) is 0.874. The van der Waals surface area contributed by atoms with Crippen LogP contribution in [0, 0.1) is 17.2 Å². The lowest BCUT2D eigenvalue weighted by atomic mass is 9.96. The fraction of sp³-hybridized carbons (Fsp3) is 0.611. The van der Waals surface area contributed by atoms with Gasteiger partial charge in [0.05, 0.1) is 17.7 Å². The van der Waals surface area contributed by atoms with E-state index in [0.717, 1.165) is 44.2 Å². The summed E-state index contributed by atoms with van der Waals surface area (Å²) in [5, 5.41) is 18.3. The van der Waals surface area contributed by atoms with Crippen LogP contribution in [0.1, 0.15) is 30.9 Å². The van der Waals surface area contributed by atoms with E-state index in [0.29, 0.717) is 0 Å². The number of aliphatic hydroxyl groups is 1. The Kier molecular flexibility index (Phi) is 6.38. The van der Waals surface area contributed by atoms with Crippen molar-refractivity contribution >= 4 is 0 Å². The average Bonchev–Trinajstić information content (AvgIpc) is 2.49. The van der Waals surface area contributed by atoms with Crippen molar-refractivity contribution in [1.82, 2.24) is 9.80 Å². The molecule has 1 aliphatic heterocycles. The van der Waals surface area contributed by atoms with Crippen LogP contribution in [-0.2, 0) is 6.54 Å². The molecular weight excluding hydrogens is 274 g/mol. The van der Waals surface area contributed by atoms with Gasteiger partial charge in [0, 0.05) is 19.6 Å². The second kappa shape index (κ2) is 8.28. The van der Waals surface area contributed by atoms with E-state index in [1.165, 1.54) is 18.4 Å². The summed E-state index contributed by atoms with van der Waals surface area (Å²) >= 11 is 0. The standard InChI is InChI=1S/C18H27N3O/c1-15(22)12-21-9-7-18(8-10-21)14-20(2)13-17-5-3-16(11-19)4-6-17/h3-6,15,18,22H,7-10,12-14H2,1-2H3/t15-/m1/s1. The van der Waals surface area contributed by atoms with Crippen LogP contribution in [0.15, 0.2) is 24.3 Å². The molecule has 120 valence electrons. The molecule has 0 aromatic heterocycles. The third kappa shape index (κ3) is 5.42. The maximum atomic E-state index is 9.45. The van der Waals surface area contributed by atoms with Crippen molar-refractivity contribution < 1.29 is 5.11 Å². The lowest BCUT2D eigenvalue weighted by Crippen LogP contribution is -2.40. The van der Waals surface area contributed by atoms with Crippen LogP contribution in [0.3, 0.4) is 0 Å². The average molecular weight is 301 g/mol. The summed E-state index contributed by atoms with van der Waals surface area (Å²) in [7, 11) is 2.17. The first-order valence-corrected chi connectivity index (χ1v) is 8.15. The summed E-state index contributed by atoms with van der Waals surface area (Å²) in [6, 6.07) is 10.0. The number of piperidine rings is 1. The summed E-state index contributed by atoms with van der Waals surface area (Å²) in [6.45, 7) is 6.90. The third-order valence-electron chi connectivity index (χ3n) is 4.33. The lowest BCUT2D eigenvalue weighted by Gasteiger charge is -2.34. The third-order valence-corrected chi connectivity index (χ3v) is 4.33. The van der Waals surface area contributed by atoms with Crippen molar-refractivity contribution in [3.05, 3.63) is 35.4 Å². The molecule has 2 rings (SSSR count). The van der Waals surface area contributed by atoms with E-state index in [4.69, 9.17) is 5.26 Å². The second-order valence-corrected chi connectivity index (χ2v) is 6.60. The van der Waals surface area contributed by atoms with Crippen LogP contribution in [-0.4, -0.2) is 54.2 Å². The number of rotatable bonds is 6. The molecule has 0 aliphatic carbocycles. The van der Waals surface area contributed by atoms with Crippen LogP contribution in [0.25, 0.3) is 0 Å². The van der Waals surface area contributed by atoms with Crippen LogP contribution in [0.4, 0.5) is 0 Å². The highest BCUT2D eigenvalue weighted by molar-refractivity contribution is 5.31. The van der Waals surface area contributed by atoms with E-state index in [9.17, 15) is 5.11 Å². The van der Waals surface area contributed by atoms with Gasteiger partial charge in [0.1, 0.15) is 0 Å². The number of hydrogen-bond donors (Lipinski definition) is 1. The highest BCUT2D eigenvalue weighted by atomic mass is 16.3. The van der Waals surface area contributed by atoms with Crippen molar-refractivity contribution in [1.29, 1.82) is 5.26 Å². The molecule has 0 bridgehead atoms. The summed E-state index contributed by atoms with van der Waals surface area (Å²) < 4.78 is 0. The minimum absolute atomic E-state index is 0.226. The van der Waals surface area contributed by atoms with Crippen molar-refractivity contribution in [2.45, 2.75) is 32.4 Å². The molecule has 1 N–H and O–H groups in total. The normalized spacial score (nSPS) is 18.3. The van der Waals surface area contributed by atoms with Gasteiger partial charge in [-0.2, -0.15) is 5.26 Å². The summed E-state index contributed by atoms with van der Waals surface area (Å²) in [6.07, 6.45) is 2.20. The number of aliphatic hydroxyl groups excluding tert-OH is 1. The van der Waals surface area contributed by atoms with E-state index in [-0.39, 0.29) is 6.10 Å². The smallest absolute Gasteiger partial charge is 0.0991 e. The Morgan fingerprint density at radius 1 is 1.32 bits per heavy atom. The molecule has 0 spiro atoms. The summed E-state index contributed by atoms with van der Waals surface area (Å²) in [4.78, 5) is 4.73. The van der Waals surface area contributed by atoms with E-state index in [1.54, 1.807) is 0 Å². The molecular formula is C18H27N3O. The van der Waals surface area contributed by atoms with Crippen molar-refractivity contribution in [3.63, 3.8) is 0 Å². The van der Waals surface area contributed by atoms with E-state index < -0.39 is 0 Å². The summed E-state index contributed by atoms with van der Waals surface area (Å²) in [5.41, 5.74) is 1.98. The zero-order valence-electron chi connectivity index (χ0n) is 13.7. The Morgan fingerprint density at radius 3 is 2.50 bits per heavy atom. The molecule has 0 saturated carbocycles. The van der Waals surface area contributed by atoms with Gasteiger partial charge in [0.2, 0.25) is 0 Å². The highest BCUT2D eigenvalue weighted by Gasteiger charge is 2.21. The molecule has 1 saturated heterocycles. The number of nitrogens with zero attached hydrogens (tertiary/aromatic N) is 3. The Labute approximate surface area is 134 Å². The first-order chi connectivity index (χ1) is 10.6. The van der Waals surface area contributed by atoms with Crippen LogP contribution >= 0.6 is 0 Å². The fourth-order valence-electron chi connectivity index (χ4n) is 3.23. The molecule has 1 atom stereocenters. The maximum absolute atomic E-state index is 9.45. The Hall–Kier alpha value is -1.41. The number of hydrogen-bond acceptors (Lipinski definition) is 4. The molecule has 1 aliphatic rings. The Bertz CT molecular complexity index is 484. The van der Waals surface area contributed by atoms with E-state index in [1.807, 2.05) is 31.2 Å². The number of β-amino-alcohol motifs (C(OH)–C–C–N with tert-alkyl or cyclic N) is 1. The molecule has 0 radical (unpaired) electrons. The summed E-state index contributed by atoms with van der Waals surface area (Å²) in [5.74, 6) is 0.744. The van der Waals surface area contributed by atoms with Gasteiger partial charge >= 0.3 is 0 Å². The minimum Gasteiger partial charge on any atom is -0.392 e. The van der Waals surface area contributed by atoms with E-state index >= 15 is 0 Å². The molecule has 4 heteroatoms. The van der Waals surface area contributed by atoms with Gasteiger partial charge < -0.3 is 14.9 Å². The molecule has 1 heterocycles.